The predicted molar refractivity (Wildman–Crippen MR) is 128 cm³/mol. The number of rotatable bonds is 5. The first-order valence-corrected chi connectivity index (χ1v) is 12.4. The molecule has 4 rings (SSSR count). The van der Waals surface area contributed by atoms with Crippen molar-refractivity contribution in [2.75, 3.05) is 58.9 Å². The highest BCUT2D eigenvalue weighted by Crippen LogP contribution is 2.25. The van der Waals surface area contributed by atoms with Gasteiger partial charge in [0.2, 0.25) is 11.8 Å². The number of hydrogen-bond acceptors (Lipinski definition) is 4. The van der Waals surface area contributed by atoms with Crippen LogP contribution in [0.15, 0.2) is 36.4 Å². The Morgan fingerprint density at radius 3 is 2.12 bits per heavy atom. The van der Waals surface area contributed by atoms with Gasteiger partial charge >= 0.3 is 0 Å². The first-order chi connectivity index (χ1) is 15.6. The van der Waals surface area contributed by atoms with Crippen LogP contribution < -0.4 is 0 Å². The average Bonchev–Trinajstić information content (AvgIpc) is 2.88. The Hall–Kier alpha value is -2.18. The zero-order valence-corrected chi connectivity index (χ0v) is 19.5. The van der Waals surface area contributed by atoms with Crippen molar-refractivity contribution in [3.63, 3.8) is 0 Å². The van der Waals surface area contributed by atoms with Gasteiger partial charge in [0.15, 0.2) is 0 Å². The second kappa shape index (κ2) is 11.1. The van der Waals surface area contributed by atoms with Crippen molar-refractivity contribution < 1.29 is 9.59 Å². The number of carbonyl (C=O) groups is 2. The van der Waals surface area contributed by atoms with Gasteiger partial charge in [-0.3, -0.25) is 9.59 Å². The number of benzene rings is 1. The number of likely N-dealkylation sites (tertiary alicyclic amines) is 2. The number of nitrogens with zero attached hydrogens (tertiary/aromatic N) is 4. The van der Waals surface area contributed by atoms with E-state index in [1.165, 1.54) is 0 Å². The minimum atomic E-state index is 0.111. The molecule has 0 saturated carbocycles. The Kier molecular flexibility index (Phi) is 7.98. The first-order valence-electron chi connectivity index (χ1n) is 12.4. The maximum atomic E-state index is 13.0. The van der Waals surface area contributed by atoms with E-state index in [2.05, 4.69) is 21.6 Å². The molecule has 0 aliphatic carbocycles. The summed E-state index contributed by atoms with van der Waals surface area (Å²) in [6.45, 7) is 10.7. The fraction of sp³-hybridized carbons (Fsp3) is 0.615. The normalized spacial score (nSPS) is 22.5. The molecular formula is C26H38N4O2. The molecule has 0 aromatic heterocycles. The van der Waals surface area contributed by atoms with E-state index in [-0.39, 0.29) is 11.8 Å². The minimum absolute atomic E-state index is 0.111. The van der Waals surface area contributed by atoms with Crippen molar-refractivity contribution in [1.29, 1.82) is 0 Å². The quantitative estimate of drug-likeness (QED) is 0.663. The van der Waals surface area contributed by atoms with Crippen LogP contribution in [-0.4, -0.2) is 96.4 Å². The summed E-state index contributed by atoms with van der Waals surface area (Å²) < 4.78 is 0. The summed E-state index contributed by atoms with van der Waals surface area (Å²) in [6.07, 6.45) is 7.62. The Bertz CT molecular complexity index is 772. The SMILES string of the molecule is CCN1CCN(C(=O)C2CCN(C3CCN(C(=O)/C=C/c4ccccc4)CC3)CC2)CC1. The number of likely N-dealkylation sites (N-methyl/N-ethyl adjacent to an activating group) is 1. The molecule has 0 N–H and O–H groups in total. The molecule has 0 radical (unpaired) electrons. The number of piperazine rings is 1. The van der Waals surface area contributed by atoms with Gasteiger partial charge < -0.3 is 19.6 Å². The summed E-state index contributed by atoms with van der Waals surface area (Å²) in [7, 11) is 0. The van der Waals surface area contributed by atoms with Crippen molar-refractivity contribution in [2.24, 2.45) is 5.92 Å². The highest BCUT2D eigenvalue weighted by molar-refractivity contribution is 5.91. The number of piperidine rings is 2. The van der Waals surface area contributed by atoms with Crippen LogP contribution in [0.5, 0.6) is 0 Å². The van der Waals surface area contributed by atoms with E-state index in [9.17, 15) is 9.59 Å². The van der Waals surface area contributed by atoms with Crippen LogP contribution in [0.4, 0.5) is 0 Å². The summed E-state index contributed by atoms with van der Waals surface area (Å²) in [5, 5.41) is 0. The molecule has 0 unspecified atom stereocenters. The molecular weight excluding hydrogens is 400 g/mol. The van der Waals surface area contributed by atoms with Gasteiger partial charge in [0.1, 0.15) is 0 Å². The van der Waals surface area contributed by atoms with E-state index >= 15 is 0 Å². The maximum Gasteiger partial charge on any atom is 0.246 e. The molecule has 174 valence electrons. The Balaban J connectivity index is 1.18. The number of carbonyl (C=O) groups excluding carboxylic acids is 2. The molecule has 3 saturated heterocycles. The third-order valence-corrected chi connectivity index (χ3v) is 7.52. The lowest BCUT2D eigenvalue weighted by Gasteiger charge is -2.42. The molecule has 0 bridgehead atoms. The van der Waals surface area contributed by atoms with Gasteiger partial charge in [-0.2, -0.15) is 0 Å². The molecule has 3 aliphatic rings. The Morgan fingerprint density at radius 2 is 1.50 bits per heavy atom. The molecule has 0 spiro atoms. The van der Waals surface area contributed by atoms with E-state index in [1.807, 2.05) is 41.3 Å². The van der Waals surface area contributed by atoms with Gasteiger partial charge in [0.05, 0.1) is 0 Å². The smallest absolute Gasteiger partial charge is 0.246 e. The topological polar surface area (TPSA) is 47.1 Å². The third kappa shape index (κ3) is 5.78. The highest BCUT2D eigenvalue weighted by Gasteiger charge is 2.33. The summed E-state index contributed by atoms with van der Waals surface area (Å²) in [6, 6.07) is 10.5. The zero-order chi connectivity index (χ0) is 22.3. The Labute approximate surface area is 192 Å². The standard InChI is InChI=1S/C26H38N4O2/c1-2-27-18-20-30(21-19-27)26(32)23-10-14-28(15-11-23)24-12-16-29(17-13-24)25(31)9-8-22-6-4-3-5-7-22/h3-9,23-24H,2,10-21H2,1H3/b9-8+. The van der Waals surface area contributed by atoms with Crippen LogP contribution in [0.1, 0.15) is 38.2 Å². The van der Waals surface area contributed by atoms with Crippen molar-refractivity contribution in [3.05, 3.63) is 42.0 Å². The molecule has 32 heavy (non-hydrogen) atoms. The fourth-order valence-corrected chi connectivity index (χ4v) is 5.34. The van der Waals surface area contributed by atoms with Gasteiger partial charge in [0, 0.05) is 57.3 Å². The average molecular weight is 439 g/mol. The third-order valence-electron chi connectivity index (χ3n) is 7.52. The monoisotopic (exact) mass is 438 g/mol. The summed E-state index contributed by atoms with van der Waals surface area (Å²) in [5.41, 5.74) is 1.06. The molecule has 3 aliphatic heterocycles. The molecule has 2 amide bonds. The summed E-state index contributed by atoms with van der Waals surface area (Å²) >= 11 is 0. The molecule has 0 atom stereocenters. The van der Waals surface area contributed by atoms with Crippen molar-refractivity contribution >= 4 is 17.9 Å². The Morgan fingerprint density at radius 1 is 0.844 bits per heavy atom. The molecule has 3 heterocycles. The fourth-order valence-electron chi connectivity index (χ4n) is 5.34. The van der Waals surface area contributed by atoms with Crippen LogP contribution >= 0.6 is 0 Å². The van der Waals surface area contributed by atoms with Crippen LogP contribution in [-0.2, 0) is 9.59 Å². The molecule has 6 heteroatoms. The van der Waals surface area contributed by atoms with Gasteiger partial charge in [-0.05, 0) is 57.0 Å². The largest absolute Gasteiger partial charge is 0.340 e. The predicted octanol–water partition coefficient (Wildman–Crippen LogP) is 2.57. The second-order valence-corrected chi connectivity index (χ2v) is 9.37. The zero-order valence-electron chi connectivity index (χ0n) is 19.5. The molecule has 1 aromatic rings. The lowest BCUT2D eigenvalue weighted by Crippen LogP contribution is -2.53. The minimum Gasteiger partial charge on any atom is -0.340 e. The van der Waals surface area contributed by atoms with Gasteiger partial charge in [-0.25, -0.2) is 0 Å². The number of hydrogen-bond donors (Lipinski definition) is 0. The summed E-state index contributed by atoms with van der Waals surface area (Å²) in [5.74, 6) is 0.690. The van der Waals surface area contributed by atoms with E-state index in [0.29, 0.717) is 11.9 Å². The maximum absolute atomic E-state index is 13.0. The van der Waals surface area contributed by atoms with Gasteiger partial charge in [0.25, 0.3) is 0 Å². The number of amides is 2. The van der Waals surface area contributed by atoms with Crippen LogP contribution in [0, 0.1) is 5.92 Å². The van der Waals surface area contributed by atoms with E-state index < -0.39 is 0 Å². The molecule has 6 nitrogen and oxygen atoms in total. The van der Waals surface area contributed by atoms with E-state index in [1.54, 1.807) is 6.08 Å². The second-order valence-electron chi connectivity index (χ2n) is 9.37. The molecule has 1 aromatic carbocycles. The van der Waals surface area contributed by atoms with Crippen molar-refractivity contribution in [2.45, 2.75) is 38.6 Å². The lowest BCUT2D eigenvalue weighted by molar-refractivity contribution is -0.139. The molecule has 3 fully saturated rings. The van der Waals surface area contributed by atoms with Gasteiger partial charge in [-0.1, -0.05) is 37.3 Å². The van der Waals surface area contributed by atoms with Crippen LogP contribution in [0.3, 0.4) is 0 Å². The van der Waals surface area contributed by atoms with E-state index in [0.717, 1.165) is 90.1 Å². The van der Waals surface area contributed by atoms with E-state index in [4.69, 9.17) is 0 Å². The van der Waals surface area contributed by atoms with Crippen LogP contribution in [0.25, 0.3) is 6.08 Å². The summed E-state index contributed by atoms with van der Waals surface area (Å²) in [4.78, 5) is 34.6. The lowest BCUT2D eigenvalue weighted by atomic mass is 9.92. The van der Waals surface area contributed by atoms with Crippen molar-refractivity contribution in [1.82, 2.24) is 19.6 Å². The highest BCUT2D eigenvalue weighted by atomic mass is 16.2. The first kappa shape index (κ1) is 23.0. The van der Waals surface area contributed by atoms with Gasteiger partial charge in [-0.15, -0.1) is 0 Å². The van der Waals surface area contributed by atoms with Crippen molar-refractivity contribution in [3.8, 4) is 0 Å². The van der Waals surface area contributed by atoms with Crippen LogP contribution in [0.2, 0.25) is 0 Å².